The summed E-state index contributed by atoms with van der Waals surface area (Å²) >= 11 is 1.95. The number of hydrogen-bond donors (Lipinski definition) is 0. The summed E-state index contributed by atoms with van der Waals surface area (Å²) in [5.74, 6) is 0. The molecule has 3 rings (SSSR count). The summed E-state index contributed by atoms with van der Waals surface area (Å²) in [6.45, 7) is 4.56. The van der Waals surface area contributed by atoms with Crippen molar-refractivity contribution in [2.45, 2.75) is 90.9 Å². The van der Waals surface area contributed by atoms with Gasteiger partial charge >= 0.3 is 0 Å². The van der Waals surface area contributed by atoms with Crippen LogP contribution in [0.2, 0.25) is 0 Å². The van der Waals surface area contributed by atoms with Crippen LogP contribution in [-0.2, 0) is 12.8 Å². The molecule has 1 heterocycles. The highest BCUT2D eigenvalue weighted by Crippen LogP contribution is 2.34. The molecule has 0 unspecified atom stereocenters. The Morgan fingerprint density at radius 2 is 1.17 bits per heavy atom. The maximum Gasteiger partial charge on any atom is 0.0355 e. The molecule has 0 saturated heterocycles. The highest BCUT2D eigenvalue weighted by molar-refractivity contribution is 7.22. The molecule has 0 aliphatic rings. The van der Waals surface area contributed by atoms with E-state index >= 15 is 0 Å². The molecule has 0 aliphatic heterocycles. The van der Waals surface area contributed by atoms with Gasteiger partial charge < -0.3 is 0 Å². The normalized spacial score (nSPS) is 11.4. The number of aryl methyl sites for hydroxylation is 2. The molecule has 0 nitrogen and oxygen atoms in total. The third-order valence-electron chi connectivity index (χ3n) is 5.96. The fraction of sp³-hybridized carbons (Fsp3) is 0.500. The first kappa shape index (κ1) is 22.1. The second-order valence-electron chi connectivity index (χ2n) is 8.51. The van der Waals surface area contributed by atoms with Gasteiger partial charge in [-0.1, -0.05) is 102 Å². The molecular formula is C28H38S. The molecule has 156 valence electrons. The van der Waals surface area contributed by atoms with E-state index in [0.29, 0.717) is 0 Å². The molecule has 1 aromatic heterocycles. The van der Waals surface area contributed by atoms with E-state index in [1.54, 1.807) is 0 Å². The molecule has 0 N–H and O–H groups in total. The van der Waals surface area contributed by atoms with Crippen molar-refractivity contribution in [3.8, 4) is 10.4 Å². The van der Waals surface area contributed by atoms with Crippen LogP contribution in [0.5, 0.6) is 0 Å². The molecule has 0 spiro atoms. The molecule has 0 bridgehead atoms. The lowest BCUT2D eigenvalue weighted by molar-refractivity contribution is 0.607. The van der Waals surface area contributed by atoms with Gasteiger partial charge in [-0.05, 0) is 59.9 Å². The minimum atomic E-state index is 1.22. The van der Waals surface area contributed by atoms with Gasteiger partial charge in [-0.3, -0.25) is 0 Å². The van der Waals surface area contributed by atoms with E-state index < -0.39 is 0 Å². The summed E-state index contributed by atoms with van der Waals surface area (Å²) in [4.78, 5) is 1.40. The first-order chi connectivity index (χ1) is 14.3. The van der Waals surface area contributed by atoms with E-state index in [9.17, 15) is 0 Å². The smallest absolute Gasteiger partial charge is 0.0355 e. The molecule has 0 radical (unpaired) electrons. The van der Waals surface area contributed by atoms with Gasteiger partial charge in [0.15, 0.2) is 0 Å². The Kier molecular flexibility index (Phi) is 9.28. The maximum atomic E-state index is 2.43. The van der Waals surface area contributed by atoms with Crippen molar-refractivity contribution in [1.29, 1.82) is 0 Å². The topological polar surface area (TPSA) is 0 Å². The quantitative estimate of drug-likeness (QED) is 0.248. The molecule has 0 aliphatic carbocycles. The van der Waals surface area contributed by atoms with Crippen molar-refractivity contribution in [3.63, 3.8) is 0 Å². The van der Waals surface area contributed by atoms with E-state index in [1.165, 1.54) is 109 Å². The minimum Gasteiger partial charge on any atom is -0.135 e. The van der Waals surface area contributed by atoms with E-state index in [-0.39, 0.29) is 0 Å². The number of hydrogen-bond acceptors (Lipinski definition) is 1. The fourth-order valence-corrected chi connectivity index (χ4v) is 5.21. The number of unbranched alkanes of at least 4 members (excludes halogenated alkanes) is 8. The Morgan fingerprint density at radius 3 is 1.90 bits per heavy atom. The van der Waals surface area contributed by atoms with Crippen molar-refractivity contribution in [1.82, 2.24) is 0 Å². The van der Waals surface area contributed by atoms with Crippen LogP contribution in [0.4, 0.5) is 0 Å². The SMILES string of the molecule is CCCCCCCCc1ccc2cc(-c3ccc(CCCCCC)cc3)sc2c1. The van der Waals surface area contributed by atoms with Crippen molar-refractivity contribution in [2.24, 2.45) is 0 Å². The van der Waals surface area contributed by atoms with Crippen LogP contribution in [-0.4, -0.2) is 0 Å². The molecule has 2 aromatic carbocycles. The van der Waals surface area contributed by atoms with Crippen LogP contribution < -0.4 is 0 Å². The van der Waals surface area contributed by atoms with Crippen LogP contribution in [0.25, 0.3) is 20.5 Å². The van der Waals surface area contributed by atoms with Gasteiger partial charge in [0.25, 0.3) is 0 Å². The number of rotatable bonds is 13. The van der Waals surface area contributed by atoms with Crippen molar-refractivity contribution in [2.75, 3.05) is 0 Å². The molecule has 3 aromatic rings. The van der Waals surface area contributed by atoms with Gasteiger partial charge in [-0.2, -0.15) is 0 Å². The van der Waals surface area contributed by atoms with Crippen LogP contribution in [0.3, 0.4) is 0 Å². The van der Waals surface area contributed by atoms with Crippen LogP contribution in [0, 0.1) is 0 Å². The Balaban J connectivity index is 1.56. The largest absolute Gasteiger partial charge is 0.135 e. The van der Waals surface area contributed by atoms with Crippen molar-refractivity contribution < 1.29 is 0 Å². The van der Waals surface area contributed by atoms with Crippen LogP contribution in [0.15, 0.2) is 48.5 Å². The number of fused-ring (bicyclic) bond motifs is 1. The van der Waals surface area contributed by atoms with E-state index in [2.05, 4.69) is 62.4 Å². The third-order valence-corrected chi connectivity index (χ3v) is 7.11. The molecular weight excluding hydrogens is 368 g/mol. The summed E-state index contributed by atoms with van der Waals surface area (Å²) in [6, 6.07) is 18.7. The lowest BCUT2D eigenvalue weighted by atomic mass is 10.0. The predicted molar refractivity (Wildman–Crippen MR) is 132 cm³/mol. The second kappa shape index (κ2) is 12.2. The highest BCUT2D eigenvalue weighted by Gasteiger charge is 2.06. The van der Waals surface area contributed by atoms with Gasteiger partial charge in [0.1, 0.15) is 0 Å². The molecule has 1 heteroatoms. The highest BCUT2D eigenvalue weighted by atomic mass is 32.1. The summed E-state index contributed by atoms with van der Waals surface area (Å²) in [5.41, 5.74) is 4.34. The summed E-state index contributed by atoms with van der Waals surface area (Å²) in [7, 11) is 0. The Hall–Kier alpha value is -1.60. The maximum absolute atomic E-state index is 2.43. The monoisotopic (exact) mass is 406 g/mol. The van der Waals surface area contributed by atoms with Crippen molar-refractivity contribution in [3.05, 3.63) is 59.7 Å². The molecule has 0 saturated carbocycles. The Morgan fingerprint density at radius 1 is 0.586 bits per heavy atom. The van der Waals surface area contributed by atoms with E-state index in [1.807, 2.05) is 11.3 Å². The zero-order valence-electron chi connectivity index (χ0n) is 18.5. The number of benzene rings is 2. The van der Waals surface area contributed by atoms with E-state index in [4.69, 9.17) is 0 Å². The second-order valence-corrected chi connectivity index (χ2v) is 9.59. The zero-order chi connectivity index (χ0) is 20.3. The summed E-state index contributed by atoms with van der Waals surface area (Å²) in [6.07, 6.45) is 16.0. The third kappa shape index (κ3) is 7.00. The van der Waals surface area contributed by atoms with Gasteiger partial charge in [0, 0.05) is 9.58 Å². The summed E-state index contributed by atoms with van der Waals surface area (Å²) in [5, 5.41) is 1.39. The Labute approximate surface area is 182 Å². The molecule has 0 fully saturated rings. The fourth-order valence-electron chi connectivity index (χ4n) is 4.07. The first-order valence-corrected chi connectivity index (χ1v) is 12.7. The van der Waals surface area contributed by atoms with Gasteiger partial charge in [-0.25, -0.2) is 0 Å². The zero-order valence-corrected chi connectivity index (χ0v) is 19.3. The van der Waals surface area contributed by atoms with Crippen molar-refractivity contribution >= 4 is 21.4 Å². The Bertz CT molecular complexity index is 840. The van der Waals surface area contributed by atoms with Crippen LogP contribution in [0.1, 0.15) is 89.2 Å². The number of thiophene rings is 1. The minimum absolute atomic E-state index is 1.22. The molecule has 29 heavy (non-hydrogen) atoms. The summed E-state index contributed by atoms with van der Waals surface area (Å²) < 4.78 is 1.44. The first-order valence-electron chi connectivity index (χ1n) is 11.9. The van der Waals surface area contributed by atoms with Gasteiger partial charge in [0.05, 0.1) is 0 Å². The van der Waals surface area contributed by atoms with Gasteiger partial charge in [0.2, 0.25) is 0 Å². The lowest BCUT2D eigenvalue weighted by Crippen LogP contribution is -1.85. The predicted octanol–water partition coefficient (Wildman–Crippen LogP) is 9.59. The standard InChI is InChI=1S/C28H38S/c1-3-5-7-9-10-12-14-24-17-20-26-22-28(29-27(26)21-24)25-18-15-23(16-19-25)13-11-8-6-4-2/h15-22H,3-14H2,1-2H3. The molecule has 0 atom stereocenters. The van der Waals surface area contributed by atoms with Crippen LogP contribution >= 0.6 is 11.3 Å². The molecule has 0 amide bonds. The van der Waals surface area contributed by atoms with E-state index in [0.717, 1.165) is 0 Å². The lowest BCUT2D eigenvalue weighted by Gasteiger charge is -2.03. The average Bonchev–Trinajstić information content (AvgIpc) is 3.17. The average molecular weight is 407 g/mol. The van der Waals surface area contributed by atoms with Gasteiger partial charge in [-0.15, -0.1) is 11.3 Å².